The summed E-state index contributed by atoms with van der Waals surface area (Å²) in [4.78, 5) is 44.9. The maximum absolute atomic E-state index is 11.5. The van der Waals surface area contributed by atoms with Crippen LogP contribution in [-0.2, 0) is 14.3 Å². The second-order valence-corrected chi connectivity index (χ2v) is 4.62. The number of amides is 5. The molecule has 0 heterocycles. The molecule has 0 aliphatic carbocycles. The molecule has 19 heavy (non-hydrogen) atoms. The zero-order valence-corrected chi connectivity index (χ0v) is 12.9. The molecule has 0 aliphatic heterocycles. The van der Waals surface area contributed by atoms with E-state index in [0.29, 0.717) is 0 Å². The van der Waals surface area contributed by atoms with Crippen molar-refractivity contribution in [2.45, 2.75) is 19.9 Å². The summed E-state index contributed by atoms with van der Waals surface area (Å²) in [5.74, 6) is -1.36. The Morgan fingerprint density at radius 3 is 2.11 bits per heavy atom. The van der Waals surface area contributed by atoms with E-state index in [0.717, 1.165) is 0 Å². The highest BCUT2D eigenvalue weighted by Gasteiger charge is 2.25. The first-order valence-corrected chi connectivity index (χ1v) is 6.89. The van der Waals surface area contributed by atoms with Crippen LogP contribution >= 0.6 is 22.6 Å². The van der Waals surface area contributed by atoms with Crippen molar-refractivity contribution in [2.75, 3.05) is 11.5 Å². The van der Waals surface area contributed by atoms with Crippen LogP contribution in [0, 0.1) is 5.92 Å². The highest BCUT2D eigenvalue weighted by Crippen LogP contribution is 2.03. The van der Waals surface area contributed by atoms with E-state index in [4.69, 9.17) is 0 Å². The Morgan fingerprint density at radius 2 is 1.68 bits per heavy atom. The van der Waals surface area contributed by atoms with Crippen molar-refractivity contribution in [1.82, 2.24) is 16.0 Å². The first-order valence-electron chi connectivity index (χ1n) is 5.37. The maximum atomic E-state index is 11.5. The highest BCUT2D eigenvalue weighted by atomic mass is 127. The summed E-state index contributed by atoms with van der Waals surface area (Å²) in [5, 5.41) is 6.10. The molecule has 0 radical (unpaired) electrons. The molecule has 0 rings (SSSR count). The molecular formula is C10H16IN3O5. The zero-order valence-electron chi connectivity index (χ0n) is 10.8. The average Bonchev–Trinajstić information content (AvgIpc) is 2.34. The molecular weight excluding hydrogens is 369 g/mol. The van der Waals surface area contributed by atoms with Crippen LogP contribution in [0.25, 0.3) is 0 Å². The van der Waals surface area contributed by atoms with Crippen molar-refractivity contribution in [3.63, 3.8) is 0 Å². The molecule has 0 fully saturated rings. The molecule has 8 nitrogen and oxygen atoms in total. The molecule has 0 spiro atoms. The minimum Gasteiger partial charge on any atom is -0.467 e. The lowest BCUT2D eigenvalue weighted by Gasteiger charge is -2.19. The molecule has 0 aromatic rings. The molecule has 5 amide bonds. The fourth-order valence-corrected chi connectivity index (χ4v) is 1.29. The van der Waals surface area contributed by atoms with Gasteiger partial charge in [0.05, 0.1) is 11.5 Å². The molecule has 0 aromatic heterocycles. The van der Waals surface area contributed by atoms with E-state index >= 15 is 0 Å². The number of urea groups is 2. The number of nitrogens with one attached hydrogen (secondary N) is 3. The van der Waals surface area contributed by atoms with Gasteiger partial charge in [-0.2, -0.15) is 0 Å². The van der Waals surface area contributed by atoms with Gasteiger partial charge in [-0.05, 0) is 5.92 Å². The quantitative estimate of drug-likeness (QED) is 0.362. The molecule has 9 heteroatoms. The molecule has 0 bridgehead atoms. The number of halogens is 1. The Kier molecular flexibility index (Phi) is 8.03. The van der Waals surface area contributed by atoms with Crippen LogP contribution in [0.3, 0.4) is 0 Å². The molecule has 1 atom stereocenters. The highest BCUT2D eigenvalue weighted by molar-refractivity contribution is 14.1. The van der Waals surface area contributed by atoms with E-state index in [-0.39, 0.29) is 10.3 Å². The number of imide groups is 2. The van der Waals surface area contributed by atoms with Gasteiger partial charge >= 0.3 is 18.0 Å². The minimum absolute atomic E-state index is 0.0869. The van der Waals surface area contributed by atoms with Gasteiger partial charge < -0.3 is 10.1 Å². The SMILES string of the molecule is COC(=O)[C@@H](NC(=O)NC(=O)NC(=O)CI)C(C)C. The maximum Gasteiger partial charge on any atom is 0.329 e. The van der Waals surface area contributed by atoms with Crippen LogP contribution in [-0.4, -0.2) is 41.5 Å². The summed E-state index contributed by atoms with van der Waals surface area (Å²) in [5.41, 5.74) is 0. The fraction of sp³-hybridized carbons (Fsp3) is 0.600. The van der Waals surface area contributed by atoms with Crippen LogP contribution in [0.5, 0.6) is 0 Å². The number of ether oxygens (including phenoxy) is 1. The van der Waals surface area contributed by atoms with E-state index in [9.17, 15) is 19.2 Å². The topological polar surface area (TPSA) is 114 Å². The Labute approximate surface area is 124 Å². The van der Waals surface area contributed by atoms with Crippen molar-refractivity contribution in [1.29, 1.82) is 0 Å². The number of alkyl halides is 1. The molecule has 0 unspecified atom stereocenters. The van der Waals surface area contributed by atoms with Crippen molar-refractivity contribution in [3.05, 3.63) is 0 Å². The van der Waals surface area contributed by atoms with Crippen LogP contribution in [0.15, 0.2) is 0 Å². The monoisotopic (exact) mass is 385 g/mol. The van der Waals surface area contributed by atoms with Gasteiger partial charge in [-0.25, -0.2) is 14.4 Å². The van der Waals surface area contributed by atoms with Gasteiger partial charge in [0, 0.05) is 0 Å². The van der Waals surface area contributed by atoms with Gasteiger partial charge in [0.1, 0.15) is 6.04 Å². The summed E-state index contributed by atoms with van der Waals surface area (Å²) in [6.07, 6.45) is 0. The molecule has 108 valence electrons. The minimum atomic E-state index is -0.952. The predicted octanol–water partition coefficient (Wildman–Crippen LogP) is 0.154. The largest absolute Gasteiger partial charge is 0.467 e. The third kappa shape index (κ3) is 6.94. The van der Waals surface area contributed by atoms with Gasteiger partial charge in [-0.1, -0.05) is 36.4 Å². The summed E-state index contributed by atoms with van der Waals surface area (Å²) in [6.45, 7) is 3.42. The lowest BCUT2D eigenvalue weighted by Crippen LogP contribution is -2.53. The van der Waals surface area contributed by atoms with Crippen LogP contribution in [0.1, 0.15) is 13.8 Å². The number of hydrogen-bond acceptors (Lipinski definition) is 5. The van der Waals surface area contributed by atoms with Crippen molar-refractivity contribution < 1.29 is 23.9 Å². The van der Waals surface area contributed by atoms with Gasteiger partial charge in [-0.3, -0.25) is 15.4 Å². The number of esters is 1. The van der Waals surface area contributed by atoms with E-state index in [1.165, 1.54) is 7.11 Å². The summed E-state index contributed by atoms with van der Waals surface area (Å²) in [6, 6.07) is -2.72. The lowest BCUT2D eigenvalue weighted by molar-refractivity contribution is -0.144. The Bertz CT molecular complexity index is 372. The van der Waals surface area contributed by atoms with Gasteiger partial charge in [0.2, 0.25) is 5.91 Å². The molecule has 0 saturated carbocycles. The van der Waals surface area contributed by atoms with Crippen molar-refractivity contribution >= 4 is 46.5 Å². The van der Waals surface area contributed by atoms with E-state index in [1.807, 2.05) is 10.6 Å². The standard InChI is InChI=1S/C10H16IN3O5/c1-5(2)7(8(16)19-3)13-10(18)14-9(17)12-6(15)4-11/h5,7H,4H2,1-3H3,(H3,12,13,14,15,17,18)/t7-/m0/s1. The van der Waals surface area contributed by atoms with Gasteiger partial charge in [0.15, 0.2) is 0 Å². The van der Waals surface area contributed by atoms with Gasteiger partial charge in [-0.15, -0.1) is 0 Å². The van der Waals surface area contributed by atoms with E-state index in [1.54, 1.807) is 36.4 Å². The predicted molar refractivity (Wildman–Crippen MR) is 74.7 cm³/mol. The second kappa shape index (κ2) is 8.67. The second-order valence-electron chi connectivity index (χ2n) is 3.85. The van der Waals surface area contributed by atoms with E-state index < -0.39 is 30.0 Å². The lowest BCUT2D eigenvalue weighted by atomic mass is 10.1. The third-order valence-electron chi connectivity index (χ3n) is 2.01. The van der Waals surface area contributed by atoms with Crippen LogP contribution < -0.4 is 16.0 Å². The molecule has 0 aliphatic rings. The number of carbonyl (C=O) groups is 4. The fourth-order valence-electron chi connectivity index (χ4n) is 1.10. The Balaban J connectivity index is 4.39. The smallest absolute Gasteiger partial charge is 0.329 e. The molecule has 0 saturated heterocycles. The number of hydrogen-bond donors (Lipinski definition) is 3. The Morgan fingerprint density at radius 1 is 1.11 bits per heavy atom. The number of methoxy groups -OCH3 is 1. The van der Waals surface area contributed by atoms with Crippen molar-refractivity contribution in [2.24, 2.45) is 5.92 Å². The first-order chi connectivity index (χ1) is 8.81. The third-order valence-corrected chi connectivity index (χ3v) is 2.70. The number of carbonyl (C=O) groups excluding carboxylic acids is 4. The molecule has 0 aromatic carbocycles. The molecule has 3 N–H and O–H groups in total. The first kappa shape index (κ1) is 17.6. The Hall–Kier alpha value is -1.39. The van der Waals surface area contributed by atoms with Crippen molar-refractivity contribution in [3.8, 4) is 0 Å². The summed E-state index contributed by atoms with van der Waals surface area (Å²) < 4.78 is 4.61. The average molecular weight is 385 g/mol. The van der Waals surface area contributed by atoms with Crippen LogP contribution in [0.4, 0.5) is 9.59 Å². The number of rotatable bonds is 4. The summed E-state index contributed by atoms with van der Waals surface area (Å²) in [7, 11) is 1.20. The van der Waals surface area contributed by atoms with Crippen LogP contribution in [0.2, 0.25) is 0 Å². The normalized spacial score (nSPS) is 11.4. The summed E-state index contributed by atoms with van der Waals surface area (Å²) >= 11 is 1.77. The van der Waals surface area contributed by atoms with Gasteiger partial charge in [0.25, 0.3) is 0 Å². The zero-order chi connectivity index (χ0) is 15.0. The van der Waals surface area contributed by atoms with E-state index in [2.05, 4.69) is 10.1 Å².